The van der Waals surface area contributed by atoms with Gasteiger partial charge in [0, 0.05) is 17.4 Å². The number of anilines is 1. The van der Waals surface area contributed by atoms with Gasteiger partial charge in [0.05, 0.1) is 18.3 Å². The number of aromatic amines is 1. The van der Waals surface area contributed by atoms with Crippen molar-refractivity contribution in [1.82, 2.24) is 25.0 Å². The Hall–Kier alpha value is -3.74. The third-order valence-electron chi connectivity index (χ3n) is 3.91. The Kier molecular flexibility index (Phi) is 4.26. The molecular weight excluding hydrogens is 328 g/mol. The molecule has 0 fully saturated rings. The third-order valence-corrected chi connectivity index (χ3v) is 3.91. The Bertz CT molecular complexity index is 990. The summed E-state index contributed by atoms with van der Waals surface area (Å²) in [4.78, 5) is 16.5. The van der Waals surface area contributed by atoms with E-state index in [2.05, 4.69) is 25.6 Å². The molecule has 0 saturated carbocycles. The molecule has 0 aliphatic heterocycles. The highest BCUT2D eigenvalue weighted by Gasteiger charge is 2.10. The molecular formula is C19H16N6O. The third kappa shape index (κ3) is 3.51. The summed E-state index contributed by atoms with van der Waals surface area (Å²) in [6.45, 7) is 0.625. The van der Waals surface area contributed by atoms with Gasteiger partial charge in [-0.15, -0.1) is 0 Å². The van der Waals surface area contributed by atoms with Gasteiger partial charge in [0.2, 0.25) is 0 Å². The molecule has 0 unspecified atom stereocenters. The molecule has 26 heavy (non-hydrogen) atoms. The van der Waals surface area contributed by atoms with Gasteiger partial charge in [0.1, 0.15) is 6.33 Å². The zero-order valence-electron chi connectivity index (χ0n) is 13.8. The Morgan fingerprint density at radius 3 is 2.62 bits per heavy atom. The van der Waals surface area contributed by atoms with Crippen LogP contribution in [-0.2, 0) is 6.54 Å². The molecule has 0 radical (unpaired) electrons. The summed E-state index contributed by atoms with van der Waals surface area (Å²) < 4.78 is 1.75. The van der Waals surface area contributed by atoms with Crippen LogP contribution < -0.4 is 5.32 Å². The largest absolute Gasteiger partial charge is 0.322 e. The smallest absolute Gasteiger partial charge is 0.258 e. The van der Waals surface area contributed by atoms with Gasteiger partial charge >= 0.3 is 0 Å². The fraction of sp³-hybridized carbons (Fsp3) is 0.0526. The van der Waals surface area contributed by atoms with E-state index in [-0.39, 0.29) is 5.91 Å². The van der Waals surface area contributed by atoms with Crippen molar-refractivity contribution in [3.05, 3.63) is 84.4 Å². The van der Waals surface area contributed by atoms with E-state index >= 15 is 0 Å². The van der Waals surface area contributed by atoms with Gasteiger partial charge in [-0.2, -0.15) is 10.2 Å². The van der Waals surface area contributed by atoms with Crippen LogP contribution in [0.5, 0.6) is 0 Å². The monoisotopic (exact) mass is 344 g/mol. The van der Waals surface area contributed by atoms with Crippen LogP contribution in [0, 0.1) is 0 Å². The number of carbonyl (C=O) groups excluding carboxylic acids is 1. The predicted molar refractivity (Wildman–Crippen MR) is 97.5 cm³/mol. The maximum Gasteiger partial charge on any atom is 0.258 e. The SMILES string of the molecule is O=C(Nc1ccc(-c2ncn[nH]2)cc1)c1cnn(Cc2ccccc2)c1. The summed E-state index contributed by atoms with van der Waals surface area (Å²) in [7, 11) is 0. The zero-order valence-corrected chi connectivity index (χ0v) is 13.8. The van der Waals surface area contributed by atoms with Crippen molar-refractivity contribution in [2.45, 2.75) is 6.54 Å². The first kappa shape index (κ1) is 15.8. The molecule has 4 aromatic rings. The number of nitrogens with one attached hydrogen (secondary N) is 2. The Labute approximate surface area is 149 Å². The van der Waals surface area contributed by atoms with Gasteiger partial charge < -0.3 is 5.32 Å². The molecule has 7 heteroatoms. The average molecular weight is 344 g/mol. The van der Waals surface area contributed by atoms with E-state index in [1.165, 1.54) is 6.33 Å². The van der Waals surface area contributed by atoms with Gasteiger partial charge in [0.15, 0.2) is 5.82 Å². The second-order valence-electron chi connectivity index (χ2n) is 5.78. The highest BCUT2D eigenvalue weighted by molar-refractivity contribution is 6.04. The van der Waals surface area contributed by atoms with Gasteiger partial charge in [-0.1, -0.05) is 30.3 Å². The Morgan fingerprint density at radius 1 is 1.08 bits per heavy atom. The lowest BCUT2D eigenvalue weighted by Gasteiger charge is -2.04. The van der Waals surface area contributed by atoms with Crippen molar-refractivity contribution in [2.75, 3.05) is 5.32 Å². The Balaban J connectivity index is 1.42. The molecule has 2 N–H and O–H groups in total. The van der Waals surface area contributed by atoms with E-state index in [1.807, 2.05) is 54.6 Å². The van der Waals surface area contributed by atoms with E-state index in [4.69, 9.17) is 0 Å². The summed E-state index contributed by atoms with van der Waals surface area (Å²) in [5.74, 6) is 0.488. The minimum Gasteiger partial charge on any atom is -0.322 e. The van der Waals surface area contributed by atoms with Crippen molar-refractivity contribution in [2.24, 2.45) is 0 Å². The van der Waals surface area contributed by atoms with Crippen LogP contribution in [0.15, 0.2) is 73.3 Å². The number of aromatic nitrogens is 5. The highest BCUT2D eigenvalue weighted by Crippen LogP contribution is 2.17. The number of amides is 1. The van der Waals surface area contributed by atoms with Crippen molar-refractivity contribution >= 4 is 11.6 Å². The van der Waals surface area contributed by atoms with Crippen LogP contribution in [0.2, 0.25) is 0 Å². The number of nitrogens with zero attached hydrogens (tertiary/aromatic N) is 4. The summed E-state index contributed by atoms with van der Waals surface area (Å²) in [6, 6.07) is 17.4. The fourth-order valence-corrected chi connectivity index (χ4v) is 2.60. The van der Waals surface area contributed by atoms with Gasteiger partial charge in [-0.25, -0.2) is 4.98 Å². The van der Waals surface area contributed by atoms with Crippen molar-refractivity contribution in [3.63, 3.8) is 0 Å². The van der Waals surface area contributed by atoms with Crippen LogP contribution in [0.1, 0.15) is 15.9 Å². The molecule has 128 valence electrons. The van der Waals surface area contributed by atoms with E-state index in [0.717, 1.165) is 11.1 Å². The van der Waals surface area contributed by atoms with Crippen molar-refractivity contribution in [3.8, 4) is 11.4 Å². The topological polar surface area (TPSA) is 88.5 Å². The second kappa shape index (κ2) is 7.02. The lowest BCUT2D eigenvalue weighted by Crippen LogP contribution is -2.11. The molecule has 1 amide bonds. The van der Waals surface area contributed by atoms with E-state index < -0.39 is 0 Å². The fourth-order valence-electron chi connectivity index (χ4n) is 2.60. The Morgan fingerprint density at radius 2 is 1.88 bits per heavy atom. The minimum atomic E-state index is -0.197. The summed E-state index contributed by atoms with van der Waals surface area (Å²) in [6.07, 6.45) is 4.77. The maximum atomic E-state index is 12.4. The number of hydrogen-bond donors (Lipinski definition) is 2. The summed E-state index contributed by atoms with van der Waals surface area (Å²) in [5.41, 5.74) is 3.25. The number of carbonyl (C=O) groups is 1. The van der Waals surface area contributed by atoms with Gasteiger partial charge in [-0.3, -0.25) is 14.6 Å². The lowest BCUT2D eigenvalue weighted by molar-refractivity contribution is 0.102. The molecule has 0 bridgehead atoms. The molecule has 0 aliphatic carbocycles. The van der Waals surface area contributed by atoms with Crippen LogP contribution in [-0.4, -0.2) is 30.9 Å². The quantitative estimate of drug-likeness (QED) is 0.582. The molecule has 0 aliphatic rings. The molecule has 2 aromatic heterocycles. The van der Waals surface area contributed by atoms with Gasteiger partial charge in [0.25, 0.3) is 5.91 Å². The molecule has 0 spiro atoms. The number of benzene rings is 2. The average Bonchev–Trinajstić information content (AvgIpc) is 3.35. The van der Waals surface area contributed by atoms with Crippen LogP contribution in [0.25, 0.3) is 11.4 Å². The number of H-pyrrole nitrogens is 1. The van der Waals surface area contributed by atoms with E-state index in [9.17, 15) is 4.79 Å². The standard InChI is InChI=1S/C19H16N6O/c26-19(16-10-22-25(12-16)11-14-4-2-1-3-5-14)23-17-8-6-15(7-9-17)18-20-13-21-24-18/h1-10,12-13H,11H2,(H,23,26)(H,20,21,24). The first-order chi connectivity index (χ1) is 12.8. The molecule has 2 aromatic carbocycles. The van der Waals surface area contributed by atoms with Crippen molar-refractivity contribution in [1.29, 1.82) is 0 Å². The predicted octanol–water partition coefficient (Wildman–Crippen LogP) is 2.97. The first-order valence-corrected chi connectivity index (χ1v) is 8.11. The van der Waals surface area contributed by atoms with Crippen LogP contribution in [0.4, 0.5) is 5.69 Å². The maximum absolute atomic E-state index is 12.4. The molecule has 0 atom stereocenters. The van der Waals surface area contributed by atoms with Crippen LogP contribution >= 0.6 is 0 Å². The normalized spacial score (nSPS) is 10.6. The molecule has 0 saturated heterocycles. The van der Waals surface area contributed by atoms with Gasteiger partial charge in [-0.05, 0) is 29.8 Å². The molecule has 2 heterocycles. The zero-order chi connectivity index (χ0) is 17.8. The minimum absolute atomic E-state index is 0.197. The van der Waals surface area contributed by atoms with E-state index in [1.54, 1.807) is 17.1 Å². The lowest BCUT2D eigenvalue weighted by atomic mass is 10.2. The molecule has 7 nitrogen and oxygen atoms in total. The van der Waals surface area contributed by atoms with Crippen LogP contribution in [0.3, 0.4) is 0 Å². The highest BCUT2D eigenvalue weighted by atomic mass is 16.1. The summed E-state index contributed by atoms with van der Waals surface area (Å²) >= 11 is 0. The summed E-state index contributed by atoms with van der Waals surface area (Å²) in [5, 5.41) is 13.8. The first-order valence-electron chi connectivity index (χ1n) is 8.11. The van der Waals surface area contributed by atoms with E-state index in [0.29, 0.717) is 23.6 Å². The number of rotatable bonds is 5. The van der Waals surface area contributed by atoms with Crippen molar-refractivity contribution < 1.29 is 4.79 Å². The number of hydrogen-bond acceptors (Lipinski definition) is 4. The second-order valence-corrected chi connectivity index (χ2v) is 5.78. The molecule has 4 rings (SSSR count).